The number of anilines is 1. The first-order valence-electron chi connectivity index (χ1n) is 7.52. The van der Waals surface area contributed by atoms with Gasteiger partial charge in [0.2, 0.25) is 12.3 Å². The van der Waals surface area contributed by atoms with E-state index in [0.717, 1.165) is 30.1 Å². The van der Waals surface area contributed by atoms with Crippen molar-refractivity contribution in [2.24, 2.45) is 11.8 Å². The number of ketones is 1. The molecular weight excluding hydrogens is 362 g/mol. The Morgan fingerprint density at radius 2 is 1.83 bits per heavy atom. The van der Waals surface area contributed by atoms with Crippen LogP contribution in [0.5, 0.6) is 0 Å². The van der Waals surface area contributed by atoms with E-state index in [2.05, 4.69) is 31.4 Å². The monoisotopic (exact) mass is 377 g/mol. The summed E-state index contributed by atoms with van der Waals surface area (Å²) in [6.45, 7) is 0. The normalized spacial score (nSPS) is 20.9. The van der Waals surface area contributed by atoms with Gasteiger partial charge in [0.25, 0.3) is 0 Å². The average molecular weight is 378 g/mol. The highest BCUT2D eigenvalue weighted by molar-refractivity contribution is 9.10. The van der Waals surface area contributed by atoms with Gasteiger partial charge < -0.3 is 4.42 Å². The second kappa shape index (κ2) is 7.04. The van der Waals surface area contributed by atoms with Crippen LogP contribution in [0.25, 0.3) is 0 Å². The van der Waals surface area contributed by atoms with E-state index in [0.29, 0.717) is 12.0 Å². The first-order chi connectivity index (χ1) is 11.1. The van der Waals surface area contributed by atoms with Crippen LogP contribution in [-0.4, -0.2) is 21.9 Å². The minimum absolute atomic E-state index is 0.0166. The molecule has 1 aromatic carbocycles. The van der Waals surface area contributed by atoms with Gasteiger partial charge in [-0.15, -0.1) is 5.10 Å². The highest BCUT2D eigenvalue weighted by atomic mass is 79.9. The number of rotatable bonds is 4. The molecule has 7 heteroatoms. The first kappa shape index (κ1) is 15.9. The maximum absolute atomic E-state index is 12.8. The molecule has 2 atom stereocenters. The van der Waals surface area contributed by atoms with Crippen LogP contribution in [0.4, 0.5) is 6.01 Å². The molecule has 2 aromatic rings. The highest BCUT2D eigenvalue weighted by Gasteiger charge is 2.36. The fourth-order valence-corrected chi connectivity index (χ4v) is 3.28. The lowest BCUT2D eigenvalue weighted by molar-refractivity contribution is -0.122. The molecule has 1 fully saturated rings. The second-order valence-electron chi connectivity index (χ2n) is 5.60. The fourth-order valence-electron chi connectivity index (χ4n) is 3.01. The van der Waals surface area contributed by atoms with Crippen molar-refractivity contribution < 1.29 is 14.0 Å². The third-order valence-corrected chi connectivity index (χ3v) is 4.69. The van der Waals surface area contributed by atoms with Crippen LogP contribution in [0.15, 0.2) is 39.5 Å². The Morgan fingerprint density at radius 3 is 2.48 bits per heavy atom. The largest absolute Gasteiger partial charge is 0.411 e. The molecule has 6 nitrogen and oxygen atoms in total. The number of carbonyl (C=O) groups excluding carboxylic acids is 2. The molecule has 0 saturated heterocycles. The van der Waals surface area contributed by atoms with Crippen LogP contribution < -0.4 is 5.32 Å². The molecule has 1 aliphatic carbocycles. The Hall–Kier alpha value is -2.02. The van der Waals surface area contributed by atoms with Gasteiger partial charge >= 0.3 is 6.01 Å². The van der Waals surface area contributed by atoms with Gasteiger partial charge in [-0.1, -0.05) is 46.0 Å². The Kier molecular flexibility index (Phi) is 4.85. The van der Waals surface area contributed by atoms with Gasteiger partial charge in [0, 0.05) is 21.9 Å². The summed E-state index contributed by atoms with van der Waals surface area (Å²) in [5.41, 5.74) is 0.635. The summed E-state index contributed by atoms with van der Waals surface area (Å²) in [5.74, 6) is -0.896. The van der Waals surface area contributed by atoms with Gasteiger partial charge in [-0.25, -0.2) is 0 Å². The Balaban J connectivity index is 1.76. The lowest BCUT2D eigenvalue weighted by atomic mass is 9.75. The smallest absolute Gasteiger partial charge is 0.322 e. The van der Waals surface area contributed by atoms with E-state index in [-0.39, 0.29) is 29.5 Å². The van der Waals surface area contributed by atoms with Crippen molar-refractivity contribution in [2.45, 2.75) is 25.7 Å². The Morgan fingerprint density at radius 1 is 1.13 bits per heavy atom. The zero-order valence-electron chi connectivity index (χ0n) is 12.4. The number of benzene rings is 1. The van der Waals surface area contributed by atoms with E-state index in [1.54, 1.807) is 12.1 Å². The van der Waals surface area contributed by atoms with Gasteiger partial charge in [-0.3, -0.25) is 14.9 Å². The zero-order valence-corrected chi connectivity index (χ0v) is 14.0. The maximum Gasteiger partial charge on any atom is 0.322 e. The second-order valence-corrected chi connectivity index (χ2v) is 6.52. The zero-order chi connectivity index (χ0) is 16.2. The fraction of sp³-hybridized carbons (Fsp3) is 0.375. The number of carbonyl (C=O) groups is 2. The average Bonchev–Trinajstić information content (AvgIpc) is 3.08. The van der Waals surface area contributed by atoms with Crippen LogP contribution in [-0.2, 0) is 4.79 Å². The van der Waals surface area contributed by atoms with E-state index in [1.807, 2.05) is 12.1 Å². The minimum atomic E-state index is -0.369. The van der Waals surface area contributed by atoms with Crippen LogP contribution in [0.2, 0.25) is 0 Å². The van der Waals surface area contributed by atoms with Gasteiger partial charge in [-0.2, -0.15) is 0 Å². The van der Waals surface area contributed by atoms with Gasteiger partial charge in [0.1, 0.15) is 0 Å². The highest BCUT2D eigenvalue weighted by Crippen LogP contribution is 2.33. The Labute approximate surface area is 141 Å². The lowest BCUT2D eigenvalue weighted by Gasteiger charge is -2.29. The summed E-state index contributed by atoms with van der Waals surface area (Å²) in [6.07, 6.45) is 4.45. The van der Waals surface area contributed by atoms with Crippen molar-refractivity contribution in [1.82, 2.24) is 10.2 Å². The van der Waals surface area contributed by atoms with E-state index < -0.39 is 0 Å². The number of nitrogens with one attached hydrogen (secondary N) is 1. The molecule has 1 aromatic heterocycles. The summed E-state index contributed by atoms with van der Waals surface area (Å²) in [7, 11) is 0. The molecule has 3 rings (SSSR count). The van der Waals surface area contributed by atoms with Crippen molar-refractivity contribution in [3.05, 3.63) is 40.7 Å². The van der Waals surface area contributed by atoms with E-state index in [4.69, 9.17) is 4.42 Å². The molecule has 120 valence electrons. The molecular formula is C16H16BrN3O3. The van der Waals surface area contributed by atoms with Crippen molar-refractivity contribution in [3.63, 3.8) is 0 Å². The molecule has 23 heavy (non-hydrogen) atoms. The molecule has 0 spiro atoms. The molecule has 1 amide bonds. The van der Waals surface area contributed by atoms with Crippen LogP contribution in [0, 0.1) is 11.8 Å². The summed E-state index contributed by atoms with van der Waals surface area (Å²) >= 11 is 3.36. The van der Waals surface area contributed by atoms with Crippen molar-refractivity contribution in [3.8, 4) is 0 Å². The molecule has 0 radical (unpaired) electrons. The predicted molar refractivity (Wildman–Crippen MR) is 86.8 cm³/mol. The van der Waals surface area contributed by atoms with E-state index in [1.165, 1.54) is 0 Å². The summed E-state index contributed by atoms with van der Waals surface area (Å²) < 4.78 is 5.86. The number of hydrogen-bond acceptors (Lipinski definition) is 5. The van der Waals surface area contributed by atoms with Crippen molar-refractivity contribution >= 4 is 33.6 Å². The van der Waals surface area contributed by atoms with E-state index in [9.17, 15) is 9.59 Å². The Bertz CT molecular complexity index is 685. The standard InChI is InChI=1S/C16H16BrN3O3/c17-11-7-5-10(6-8-11)14(21)12-3-1-2-4-13(12)15(22)19-16-20-18-9-23-16/h5-9,12-13H,1-4H2,(H,19,20,22)/t12-,13-/m1/s1. The van der Waals surface area contributed by atoms with Gasteiger partial charge in [0.05, 0.1) is 0 Å². The van der Waals surface area contributed by atoms with Crippen LogP contribution >= 0.6 is 15.9 Å². The maximum atomic E-state index is 12.8. The molecule has 1 heterocycles. The third-order valence-electron chi connectivity index (χ3n) is 4.16. The molecule has 1 aliphatic rings. The quantitative estimate of drug-likeness (QED) is 0.824. The predicted octanol–water partition coefficient (Wildman–Crippen LogP) is 3.46. The van der Waals surface area contributed by atoms with E-state index >= 15 is 0 Å². The molecule has 1 saturated carbocycles. The first-order valence-corrected chi connectivity index (χ1v) is 8.31. The number of hydrogen-bond donors (Lipinski definition) is 1. The molecule has 0 bridgehead atoms. The number of aromatic nitrogens is 2. The number of nitrogens with zero attached hydrogens (tertiary/aromatic N) is 2. The van der Waals surface area contributed by atoms with Crippen LogP contribution in [0.1, 0.15) is 36.0 Å². The van der Waals surface area contributed by atoms with Crippen molar-refractivity contribution in [1.29, 1.82) is 0 Å². The number of amides is 1. The number of halogens is 1. The topological polar surface area (TPSA) is 85.1 Å². The number of Topliss-reactive ketones (excluding diaryl/α,β-unsaturated/α-hetero) is 1. The summed E-state index contributed by atoms with van der Waals surface area (Å²) in [6, 6.07) is 7.31. The van der Waals surface area contributed by atoms with Gasteiger partial charge in [0.15, 0.2) is 5.78 Å². The minimum Gasteiger partial charge on any atom is -0.411 e. The SMILES string of the molecule is O=C(Nc1nnco1)[C@@H]1CCCC[C@H]1C(=O)c1ccc(Br)cc1. The third kappa shape index (κ3) is 3.67. The summed E-state index contributed by atoms with van der Waals surface area (Å²) in [5, 5.41) is 9.78. The molecule has 0 unspecified atom stereocenters. The van der Waals surface area contributed by atoms with Gasteiger partial charge in [-0.05, 0) is 25.0 Å². The molecule has 0 aliphatic heterocycles. The molecule has 1 N–H and O–H groups in total. The lowest BCUT2D eigenvalue weighted by Crippen LogP contribution is -2.36. The summed E-state index contributed by atoms with van der Waals surface area (Å²) in [4.78, 5) is 25.2. The van der Waals surface area contributed by atoms with Crippen molar-refractivity contribution in [2.75, 3.05) is 5.32 Å². The van der Waals surface area contributed by atoms with Crippen LogP contribution in [0.3, 0.4) is 0 Å².